The molecule has 1 saturated heterocycles. The first-order chi connectivity index (χ1) is 6.77. The number of nitrogens with zero attached hydrogens (tertiary/aromatic N) is 1. The van der Waals surface area contributed by atoms with Gasteiger partial charge in [-0.1, -0.05) is 6.92 Å². The number of hydrogen-bond donors (Lipinski definition) is 0. The highest BCUT2D eigenvalue weighted by Gasteiger charge is 2.22. The van der Waals surface area contributed by atoms with E-state index in [0.717, 1.165) is 32.4 Å². The fourth-order valence-electron chi connectivity index (χ4n) is 1.55. The largest absolute Gasteiger partial charge is 0.449 e. The third kappa shape index (κ3) is 3.18. The smallest absolute Gasteiger partial charge is 0.409 e. The monoisotopic (exact) mass is 201 g/mol. The molecule has 0 bridgehead atoms. The van der Waals surface area contributed by atoms with Gasteiger partial charge in [-0.2, -0.15) is 0 Å². The molecular weight excluding hydrogens is 182 g/mol. The number of ether oxygens (including phenoxy) is 2. The average Bonchev–Trinajstić information content (AvgIpc) is 2.26. The minimum absolute atomic E-state index is 0.179. The van der Waals surface area contributed by atoms with Crippen molar-refractivity contribution >= 4 is 6.09 Å². The van der Waals surface area contributed by atoms with E-state index in [1.54, 1.807) is 12.0 Å². The first-order valence-corrected chi connectivity index (χ1v) is 5.22. The van der Waals surface area contributed by atoms with Crippen molar-refractivity contribution < 1.29 is 14.3 Å². The van der Waals surface area contributed by atoms with Gasteiger partial charge < -0.3 is 14.4 Å². The summed E-state index contributed by atoms with van der Waals surface area (Å²) >= 11 is 0. The molecule has 82 valence electrons. The minimum atomic E-state index is -0.179. The number of piperidine rings is 1. The summed E-state index contributed by atoms with van der Waals surface area (Å²) in [5.41, 5.74) is 0. The Kier molecular flexibility index (Phi) is 4.73. The number of carbonyl (C=O) groups excluding carboxylic acids is 1. The number of methoxy groups -OCH3 is 1. The third-order valence-electron chi connectivity index (χ3n) is 2.46. The van der Waals surface area contributed by atoms with E-state index in [-0.39, 0.29) is 6.09 Å². The van der Waals surface area contributed by atoms with Gasteiger partial charge >= 0.3 is 6.09 Å². The topological polar surface area (TPSA) is 38.8 Å². The molecule has 1 aliphatic heterocycles. The Bertz CT molecular complexity index is 176. The number of rotatable bonds is 3. The molecule has 1 aliphatic rings. The molecule has 14 heavy (non-hydrogen) atoms. The van der Waals surface area contributed by atoms with Gasteiger partial charge in [0.25, 0.3) is 0 Å². The molecule has 4 nitrogen and oxygen atoms in total. The van der Waals surface area contributed by atoms with Crippen molar-refractivity contribution in [1.29, 1.82) is 0 Å². The molecule has 0 saturated carbocycles. The quantitative estimate of drug-likeness (QED) is 0.696. The number of hydrogen-bond acceptors (Lipinski definition) is 3. The summed E-state index contributed by atoms with van der Waals surface area (Å²) in [7, 11) is 1.72. The molecule has 0 N–H and O–H groups in total. The molecule has 0 aliphatic carbocycles. The van der Waals surface area contributed by atoms with E-state index in [2.05, 4.69) is 0 Å². The van der Waals surface area contributed by atoms with E-state index in [4.69, 9.17) is 9.47 Å². The highest BCUT2D eigenvalue weighted by atomic mass is 16.6. The Balaban J connectivity index is 2.23. The van der Waals surface area contributed by atoms with Crippen molar-refractivity contribution in [1.82, 2.24) is 4.90 Å². The molecule has 1 heterocycles. The van der Waals surface area contributed by atoms with Crippen LogP contribution in [0.15, 0.2) is 0 Å². The van der Waals surface area contributed by atoms with Crippen LogP contribution in [0, 0.1) is 0 Å². The van der Waals surface area contributed by atoms with E-state index < -0.39 is 0 Å². The molecule has 1 amide bonds. The van der Waals surface area contributed by atoms with E-state index in [1.807, 2.05) is 6.92 Å². The highest BCUT2D eigenvalue weighted by Crippen LogP contribution is 2.13. The number of carbonyl (C=O) groups is 1. The Morgan fingerprint density at radius 1 is 1.43 bits per heavy atom. The highest BCUT2D eigenvalue weighted by molar-refractivity contribution is 5.67. The lowest BCUT2D eigenvalue weighted by atomic mass is 10.1. The summed E-state index contributed by atoms with van der Waals surface area (Å²) in [5, 5.41) is 0. The van der Waals surface area contributed by atoms with Crippen molar-refractivity contribution in [2.24, 2.45) is 0 Å². The summed E-state index contributed by atoms with van der Waals surface area (Å²) in [6.07, 6.45) is 2.84. The Labute approximate surface area is 85.2 Å². The maximum Gasteiger partial charge on any atom is 0.409 e. The second kappa shape index (κ2) is 5.86. The molecule has 0 aromatic rings. The molecule has 0 aromatic heterocycles. The van der Waals surface area contributed by atoms with Crippen LogP contribution in [-0.4, -0.2) is 43.9 Å². The minimum Gasteiger partial charge on any atom is -0.449 e. The third-order valence-corrected chi connectivity index (χ3v) is 2.46. The first-order valence-electron chi connectivity index (χ1n) is 5.22. The van der Waals surface area contributed by atoms with Crippen LogP contribution in [-0.2, 0) is 9.47 Å². The SMILES string of the molecule is CCCOC(=O)N1CCC(OC)CC1. The maximum atomic E-state index is 11.4. The molecule has 0 aromatic carbocycles. The molecule has 0 radical (unpaired) electrons. The maximum absolute atomic E-state index is 11.4. The predicted octanol–water partition coefficient (Wildman–Crippen LogP) is 1.64. The molecular formula is C10H19NO3. The molecule has 4 heteroatoms. The normalized spacial score (nSPS) is 18.3. The van der Waals surface area contributed by atoms with Gasteiger partial charge in [-0.15, -0.1) is 0 Å². The van der Waals surface area contributed by atoms with Gasteiger partial charge in [-0.05, 0) is 19.3 Å². The van der Waals surface area contributed by atoms with Crippen molar-refractivity contribution in [2.75, 3.05) is 26.8 Å². The van der Waals surface area contributed by atoms with Gasteiger partial charge in [0.05, 0.1) is 12.7 Å². The first kappa shape index (κ1) is 11.3. The zero-order valence-electron chi connectivity index (χ0n) is 8.99. The van der Waals surface area contributed by atoms with Gasteiger partial charge in [-0.25, -0.2) is 4.79 Å². The average molecular weight is 201 g/mol. The van der Waals surface area contributed by atoms with Crippen LogP contribution < -0.4 is 0 Å². The zero-order chi connectivity index (χ0) is 10.4. The summed E-state index contributed by atoms with van der Waals surface area (Å²) in [6, 6.07) is 0. The van der Waals surface area contributed by atoms with Gasteiger partial charge in [0.15, 0.2) is 0 Å². The zero-order valence-corrected chi connectivity index (χ0v) is 8.99. The van der Waals surface area contributed by atoms with Crippen molar-refractivity contribution in [2.45, 2.75) is 32.3 Å². The van der Waals surface area contributed by atoms with Gasteiger partial charge in [0.1, 0.15) is 0 Å². The summed E-state index contributed by atoms with van der Waals surface area (Å²) < 4.78 is 10.3. The van der Waals surface area contributed by atoms with Crippen LogP contribution in [0.25, 0.3) is 0 Å². The lowest BCUT2D eigenvalue weighted by Gasteiger charge is -2.30. The Morgan fingerprint density at radius 2 is 2.07 bits per heavy atom. The Hall–Kier alpha value is -0.770. The Morgan fingerprint density at radius 3 is 2.57 bits per heavy atom. The lowest BCUT2D eigenvalue weighted by Crippen LogP contribution is -2.40. The molecule has 0 spiro atoms. The van der Waals surface area contributed by atoms with E-state index in [0.29, 0.717) is 12.7 Å². The van der Waals surface area contributed by atoms with Crippen LogP contribution in [0.5, 0.6) is 0 Å². The van der Waals surface area contributed by atoms with Gasteiger partial charge in [-0.3, -0.25) is 0 Å². The standard InChI is InChI=1S/C10H19NO3/c1-3-8-14-10(12)11-6-4-9(13-2)5-7-11/h9H,3-8H2,1-2H3. The van der Waals surface area contributed by atoms with Crippen molar-refractivity contribution in [3.63, 3.8) is 0 Å². The van der Waals surface area contributed by atoms with Crippen LogP contribution >= 0.6 is 0 Å². The van der Waals surface area contributed by atoms with E-state index in [9.17, 15) is 4.79 Å². The number of amides is 1. The van der Waals surface area contributed by atoms with E-state index >= 15 is 0 Å². The fourth-order valence-corrected chi connectivity index (χ4v) is 1.55. The molecule has 0 atom stereocenters. The summed E-state index contributed by atoms with van der Waals surface area (Å²) in [4.78, 5) is 13.2. The fraction of sp³-hybridized carbons (Fsp3) is 0.900. The van der Waals surface area contributed by atoms with Gasteiger partial charge in [0, 0.05) is 20.2 Å². The lowest BCUT2D eigenvalue weighted by molar-refractivity contribution is 0.0335. The van der Waals surface area contributed by atoms with Crippen molar-refractivity contribution in [3.8, 4) is 0 Å². The summed E-state index contributed by atoms with van der Waals surface area (Å²) in [6.45, 7) is 4.01. The summed E-state index contributed by atoms with van der Waals surface area (Å²) in [5.74, 6) is 0. The van der Waals surface area contributed by atoms with Crippen LogP contribution in [0.3, 0.4) is 0 Å². The molecule has 1 fully saturated rings. The second-order valence-electron chi connectivity index (χ2n) is 3.54. The predicted molar refractivity (Wildman–Crippen MR) is 53.2 cm³/mol. The van der Waals surface area contributed by atoms with Crippen LogP contribution in [0.1, 0.15) is 26.2 Å². The molecule has 0 unspecified atom stereocenters. The van der Waals surface area contributed by atoms with E-state index in [1.165, 1.54) is 0 Å². The number of likely N-dealkylation sites (tertiary alicyclic amines) is 1. The van der Waals surface area contributed by atoms with Crippen LogP contribution in [0.4, 0.5) is 4.79 Å². The van der Waals surface area contributed by atoms with Gasteiger partial charge in [0.2, 0.25) is 0 Å². The second-order valence-corrected chi connectivity index (χ2v) is 3.54. The van der Waals surface area contributed by atoms with Crippen molar-refractivity contribution in [3.05, 3.63) is 0 Å². The molecule has 1 rings (SSSR count). The van der Waals surface area contributed by atoms with Crippen LogP contribution in [0.2, 0.25) is 0 Å².